The molecule has 130 valence electrons. The van der Waals surface area contributed by atoms with Gasteiger partial charge in [-0.3, -0.25) is 9.59 Å². The quantitative estimate of drug-likeness (QED) is 0.762. The topological polar surface area (TPSA) is 97.5 Å². The average molecular weight is 423 g/mol. The van der Waals surface area contributed by atoms with E-state index in [9.17, 15) is 18.0 Å². The summed E-state index contributed by atoms with van der Waals surface area (Å²) in [5.41, 5.74) is 1.19. The molecule has 0 aromatic heterocycles. The minimum atomic E-state index is -3.83. The number of halogens is 1. The molecule has 0 aliphatic carbocycles. The largest absolute Gasteiger partial charge is 0.310 e. The Labute approximate surface area is 153 Å². The highest BCUT2D eigenvalue weighted by atomic mass is 79.9. The first-order valence-corrected chi connectivity index (χ1v) is 9.89. The van der Waals surface area contributed by atoms with Gasteiger partial charge in [-0.2, -0.15) is 0 Å². The zero-order chi connectivity index (χ0) is 18.2. The van der Waals surface area contributed by atoms with E-state index in [1.54, 1.807) is 48.5 Å². The number of anilines is 1. The molecule has 1 amide bonds. The third-order valence-electron chi connectivity index (χ3n) is 4.08. The second-order valence-electron chi connectivity index (χ2n) is 5.78. The number of amides is 1. The van der Waals surface area contributed by atoms with E-state index in [0.717, 1.165) is 0 Å². The summed E-state index contributed by atoms with van der Waals surface area (Å²) in [5, 5.41) is 4.21. The Hall–Kier alpha value is -2.03. The molecule has 8 heteroatoms. The average Bonchev–Trinajstić information content (AvgIpc) is 2.97. The number of hydrogen-bond donors (Lipinski definition) is 1. The standard InChI is InChI=1S/C17H15BrN2O4S/c18-12-6-7-15(20-10-13(9-16(20)21)25(19,23)24)14(8-12)17(22)11-4-2-1-3-5-11/h1-8,13H,9-10H2,(H2,19,23,24). The van der Waals surface area contributed by atoms with E-state index in [4.69, 9.17) is 5.14 Å². The van der Waals surface area contributed by atoms with Crippen LogP contribution in [-0.2, 0) is 14.8 Å². The van der Waals surface area contributed by atoms with Gasteiger partial charge in [-0.05, 0) is 18.2 Å². The van der Waals surface area contributed by atoms with Crippen LogP contribution in [0.25, 0.3) is 0 Å². The Morgan fingerprint density at radius 2 is 1.84 bits per heavy atom. The fraction of sp³-hybridized carbons (Fsp3) is 0.176. The summed E-state index contributed by atoms with van der Waals surface area (Å²) in [7, 11) is -3.83. The lowest BCUT2D eigenvalue weighted by Gasteiger charge is -2.20. The van der Waals surface area contributed by atoms with Gasteiger partial charge in [0.15, 0.2) is 5.78 Å². The maximum atomic E-state index is 12.9. The molecule has 1 aliphatic rings. The summed E-state index contributed by atoms with van der Waals surface area (Å²) in [6, 6.07) is 13.6. The zero-order valence-electron chi connectivity index (χ0n) is 13.1. The molecule has 0 saturated carbocycles. The van der Waals surface area contributed by atoms with Crippen molar-refractivity contribution in [2.75, 3.05) is 11.4 Å². The van der Waals surface area contributed by atoms with Crippen molar-refractivity contribution in [3.8, 4) is 0 Å². The van der Waals surface area contributed by atoms with Crippen LogP contribution in [0.15, 0.2) is 53.0 Å². The fourth-order valence-electron chi connectivity index (χ4n) is 2.80. The molecule has 0 spiro atoms. The van der Waals surface area contributed by atoms with Crippen LogP contribution in [0.4, 0.5) is 5.69 Å². The zero-order valence-corrected chi connectivity index (χ0v) is 15.5. The third-order valence-corrected chi connectivity index (χ3v) is 5.82. The predicted octanol–water partition coefficient (Wildman–Crippen LogP) is 2.07. The van der Waals surface area contributed by atoms with Crippen LogP contribution in [0.5, 0.6) is 0 Å². The Bertz CT molecular complexity index is 944. The molecule has 1 atom stereocenters. The summed E-state index contributed by atoms with van der Waals surface area (Å²) in [4.78, 5) is 26.5. The molecule has 0 bridgehead atoms. The van der Waals surface area contributed by atoms with Crippen LogP contribution in [-0.4, -0.2) is 31.9 Å². The van der Waals surface area contributed by atoms with Gasteiger partial charge in [0.25, 0.3) is 0 Å². The van der Waals surface area contributed by atoms with Crippen LogP contribution < -0.4 is 10.0 Å². The molecule has 1 saturated heterocycles. The minimum absolute atomic E-state index is 0.0611. The van der Waals surface area contributed by atoms with E-state index < -0.39 is 15.3 Å². The Balaban J connectivity index is 2.04. The van der Waals surface area contributed by atoms with E-state index in [-0.39, 0.29) is 24.7 Å². The van der Waals surface area contributed by atoms with Crippen LogP contribution in [0.1, 0.15) is 22.3 Å². The maximum Gasteiger partial charge on any atom is 0.228 e. The van der Waals surface area contributed by atoms with Crippen LogP contribution >= 0.6 is 15.9 Å². The lowest BCUT2D eigenvalue weighted by molar-refractivity contribution is -0.117. The predicted molar refractivity (Wildman–Crippen MR) is 97.9 cm³/mol. The number of carbonyl (C=O) groups excluding carboxylic acids is 2. The van der Waals surface area contributed by atoms with Gasteiger partial charge in [-0.1, -0.05) is 46.3 Å². The summed E-state index contributed by atoms with van der Waals surface area (Å²) < 4.78 is 23.8. The van der Waals surface area contributed by atoms with E-state index in [2.05, 4.69) is 15.9 Å². The molecule has 0 radical (unpaired) electrons. The molecule has 1 fully saturated rings. The number of primary sulfonamides is 1. The van der Waals surface area contributed by atoms with E-state index in [0.29, 0.717) is 21.3 Å². The smallest absolute Gasteiger partial charge is 0.228 e. The molecule has 1 unspecified atom stereocenters. The van der Waals surface area contributed by atoms with Gasteiger partial charge < -0.3 is 4.90 Å². The molecule has 6 nitrogen and oxygen atoms in total. The lowest BCUT2D eigenvalue weighted by atomic mass is 10.0. The molecule has 2 N–H and O–H groups in total. The molecule has 1 heterocycles. The van der Waals surface area contributed by atoms with Crippen molar-refractivity contribution in [2.45, 2.75) is 11.7 Å². The fourth-order valence-corrected chi connectivity index (χ4v) is 3.89. The van der Waals surface area contributed by atoms with Gasteiger partial charge in [0.2, 0.25) is 15.9 Å². The maximum absolute atomic E-state index is 12.9. The SMILES string of the molecule is NS(=O)(=O)C1CC(=O)N(c2ccc(Br)cc2C(=O)c2ccccc2)C1. The Morgan fingerprint density at radius 3 is 2.44 bits per heavy atom. The Morgan fingerprint density at radius 1 is 1.16 bits per heavy atom. The third kappa shape index (κ3) is 3.65. The number of rotatable bonds is 4. The highest BCUT2D eigenvalue weighted by Gasteiger charge is 2.38. The van der Waals surface area contributed by atoms with Gasteiger partial charge >= 0.3 is 0 Å². The highest BCUT2D eigenvalue weighted by Crippen LogP contribution is 2.31. The van der Waals surface area contributed by atoms with Crippen LogP contribution in [0.2, 0.25) is 0 Å². The van der Waals surface area contributed by atoms with Gasteiger partial charge in [0.05, 0.1) is 5.69 Å². The van der Waals surface area contributed by atoms with Crippen molar-refractivity contribution >= 4 is 43.3 Å². The molecular formula is C17H15BrN2O4S. The summed E-state index contributed by atoms with van der Waals surface area (Å²) in [6.45, 7) is -0.0611. The second-order valence-corrected chi connectivity index (χ2v) is 8.54. The van der Waals surface area contributed by atoms with Gasteiger partial charge in [0.1, 0.15) is 5.25 Å². The van der Waals surface area contributed by atoms with Crippen molar-refractivity contribution in [2.24, 2.45) is 5.14 Å². The highest BCUT2D eigenvalue weighted by molar-refractivity contribution is 9.10. The molecule has 2 aromatic carbocycles. The second kappa shape index (κ2) is 6.70. The first-order valence-electron chi connectivity index (χ1n) is 7.48. The van der Waals surface area contributed by atoms with Crippen molar-refractivity contribution in [3.63, 3.8) is 0 Å². The number of hydrogen-bond acceptors (Lipinski definition) is 4. The van der Waals surface area contributed by atoms with E-state index >= 15 is 0 Å². The number of nitrogens with zero attached hydrogens (tertiary/aromatic N) is 1. The number of ketones is 1. The summed E-state index contributed by atoms with van der Waals surface area (Å²) in [6.07, 6.45) is -0.187. The molecular weight excluding hydrogens is 408 g/mol. The number of carbonyl (C=O) groups is 2. The van der Waals surface area contributed by atoms with Crippen molar-refractivity contribution in [1.82, 2.24) is 0 Å². The van der Waals surface area contributed by atoms with E-state index in [1.165, 1.54) is 4.90 Å². The first-order chi connectivity index (χ1) is 11.8. The normalized spacial score (nSPS) is 17.8. The number of benzene rings is 2. The van der Waals surface area contributed by atoms with Crippen LogP contribution in [0.3, 0.4) is 0 Å². The first kappa shape index (κ1) is 17.8. The van der Waals surface area contributed by atoms with Gasteiger partial charge in [0, 0.05) is 28.6 Å². The van der Waals surface area contributed by atoms with Crippen LogP contribution in [0, 0.1) is 0 Å². The minimum Gasteiger partial charge on any atom is -0.310 e. The van der Waals surface area contributed by atoms with E-state index in [1.807, 2.05) is 0 Å². The molecule has 2 aromatic rings. The van der Waals surface area contributed by atoms with Crippen molar-refractivity contribution in [1.29, 1.82) is 0 Å². The monoisotopic (exact) mass is 422 g/mol. The number of nitrogens with two attached hydrogens (primary N) is 1. The summed E-state index contributed by atoms with van der Waals surface area (Å²) in [5.74, 6) is -0.618. The molecule has 25 heavy (non-hydrogen) atoms. The molecule has 3 rings (SSSR count). The van der Waals surface area contributed by atoms with Gasteiger partial charge in [-0.25, -0.2) is 13.6 Å². The van der Waals surface area contributed by atoms with Gasteiger partial charge in [-0.15, -0.1) is 0 Å². The molecule has 1 aliphatic heterocycles. The Kier molecular flexibility index (Phi) is 4.77. The summed E-state index contributed by atoms with van der Waals surface area (Å²) >= 11 is 3.33. The number of sulfonamides is 1. The lowest BCUT2D eigenvalue weighted by Crippen LogP contribution is -2.32. The van der Waals surface area contributed by atoms with Crippen molar-refractivity contribution < 1.29 is 18.0 Å². The van der Waals surface area contributed by atoms with Crippen molar-refractivity contribution in [3.05, 3.63) is 64.1 Å².